The Morgan fingerprint density at radius 3 is 2.40 bits per heavy atom. The summed E-state index contributed by atoms with van der Waals surface area (Å²) in [5.41, 5.74) is -2.34. The number of benzene rings is 2. The van der Waals surface area contributed by atoms with Crippen molar-refractivity contribution in [1.29, 1.82) is 0 Å². The second kappa shape index (κ2) is 7.29. The first kappa shape index (κ1) is 19.6. The van der Waals surface area contributed by atoms with Crippen LogP contribution in [0.2, 0.25) is 0 Å². The normalized spacial score (nSPS) is 12.8. The molecule has 2 heterocycles. The average molecular weight is 412 g/mol. The molecule has 1 N–H and O–H groups in total. The number of hydrogen-bond acceptors (Lipinski definition) is 4. The Bertz CT molecular complexity index is 1310. The van der Waals surface area contributed by atoms with Crippen LogP contribution in [0.25, 0.3) is 22.1 Å². The molecule has 2 aromatic heterocycles. The van der Waals surface area contributed by atoms with E-state index < -0.39 is 40.5 Å². The van der Waals surface area contributed by atoms with Crippen molar-refractivity contribution in [3.05, 3.63) is 87.7 Å². The van der Waals surface area contributed by atoms with Crippen molar-refractivity contribution in [3.63, 3.8) is 0 Å². The topological polar surface area (TPSA) is 72.2 Å². The van der Waals surface area contributed by atoms with Crippen LogP contribution in [0, 0.1) is 0 Å². The van der Waals surface area contributed by atoms with Gasteiger partial charge in [-0.3, -0.25) is 9.59 Å². The maximum atomic E-state index is 13.6. The van der Waals surface area contributed by atoms with E-state index in [1.54, 1.807) is 49.4 Å². The third kappa shape index (κ3) is 3.52. The number of aromatic nitrogens is 1. The van der Waals surface area contributed by atoms with E-state index in [1.165, 1.54) is 12.1 Å². The summed E-state index contributed by atoms with van der Waals surface area (Å²) in [6.07, 6.45) is -4.92. The first-order chi connectivity index (χ1) is 14.3. The van der Waals surface area contributed by atoms with Gasteiger partial charge >= 0.3 is 6.18 Å². The van der Waals surface area contributed by atoms with Gasteiger partial charge in [0.05, 0.1) is 22.4 Å². The van der Waals surface area contributed by atoms with Gasteiger partial charge in [-0.2, -0.15) is 13.2 Å². The number of hydrogen-bond donors (Lipinski definition) is 1. The number of fused-ring (bicyclic) bond motifs is 2. The molecule has 0 fully saturated rings. The molecule has 2 aromatic carbocycles. The highest BCUT2D eigenvalue weighted by atomic mass is 19.4. The number of amides is 1. The van der Waals surface area contributed by atoms with Crippen LogP contribution in [0.4, 0.5) is 13.2 Å². The molecule has 0 unspecified atom stereocenters. The van der Waals surface area contributed by atoms with Crippen LogP contribution in [0.3, 0.4) is 0 Å². The number of para-hydroxylation sites is 1. The molecule has 4 aromatic rings. The molecule has 0 spiro atoms. The molecule has 1 atom stereocenters. The fraction of sp³-hybridized carbons (Fsp3) is 0.136. The minimum atomic E-state index is -4.92. The van der Waals surface area contributed by atoms with Crippen molar-refractivity contribution in [2.45, 2.75) is 19.1 Å². The Morgan fingerprint density at radius 2 is 1.70 bits per heavy atom. The number of nitrogens with one attached hydrogen (secondary N) is 1. The summed E-state index contributed by atoms with van der Waals surface area (Å²) >= 11 is 0. The molecule has 0 radical (unpaired) electrons. The van der Waals surface area contributed by atoms with E-state index in [9.17, 15) is 22.8 Å². The first-order valence-electron chi connectivity index (χ1n) is 9.05. The van der Waals surface area contributed by atoms with Crippen LogP contribution in [0.1, 0.15) is 34.6 Å². The number of carbonyl (C=O) groups is 1. The molecule has 30 heavy (non-hydrogen) atoms. The van der Waals surface area contributed by atoms with Crippen LogP contribution in [0.5, 0.6) is 0 Å². The molecule has 0 aliphatic heterocycles. The minimum Gasteiger partial charge on any atom is -0.437 e. The molecule has 4 rings (SSSR count). The maximum Gasteiger partial charge on any atom is 0.434 e. The Labute approximate surface area is 168 Å². The molecule has 152 valence electrons. The minimum absolute atomic E-state index is 0.116. The zero-order valence-corrected chi connectivity index (χ0v) is 15.7. The third-order valence-electron chi connectivity index (χ3n) is 4.73. The molecule has 0 aliphatic rings. The number of carbonyl (C=O) groups excluding carboxylic acids is 1. The zero-order valence-electron chi connectivity index (χ0n) is 15.7. The zero-order chi connectivity index (χ0) is 21.5. The quantitative estimate of drug-likeness (QED) is 0.488. The third-order valence-corrected chi connectivity index (χ3v) is 4.73. The summed E-state index contributed by atoms with van der Waals surface area (Å²) in [6.45, 7) is 1.65. The molecular weight excluding hydrogens is 397 g/mol. The van der Waals surface area contributed by atoms with Crippen LogP contribution >= 0.6 is 0 Å². The number of alkyl halides is 3. The van der Waals surface area contributed by atoms with E-state index in [0.717, 1.165) is 11.6 Å². The van der Waals surface area contributed by atoms with Gasteiger partial charge in [-0.15, -0.1) is 0 Å². The van der Waals surface area contributed by atoms with Crippen molar-refractivity contribution in [2.24, 2.45) is 0 Å². The maximum absolute atomic E-state index is 13.6. The largest absolute Gasteiger partial charge is 0.437 e. The van der Waals surface area contributed by atoms with Gasteiger partial charge in [-0.1, -0.05) is 42.5 Å². The number of halogens is 3. The summed E-state index contributed by atoms with van der Waals surface area (Å²) < 4.78 is 46.4. The van der Waals surface area contributed by atoms with E-state index >= 15 is 0 Å². The molecule has 5 nitrogen and oxygen atoms in total. The Balaban J connectivity index is 1.86. The van der Waals surface area contributed by atoms with Crippen LogP contribution < -0.4 is 10.7 Å². The molecule has 8 heteroatoms. The summed E-state index contributed by atoms with van der Waals surface area (Å²) in [6, 6.07) is 15.3. The highest BCUT2D eigenvalue weighted by Gasteiger charge is 2.38. The van der Waals surface area contributed by atoms with Gasteiger partial charge in [0.15, 0.2) is 5.69 Å². The summed E-state index contributed by atoms with van der Waals surface area (Å²) in [7, 11) is 0. The van der Waals surface area contributed by atoms with Gasteiger partial charge in [-0.05, 0) is 30.7 Å². The summed E-state index contributed by atoms with van der Waals surface area (Å²) in [5.74, 6) is -0.986. The molecule has 0 aliphatic carbocycles. The SMILES string of the molecule is C[C@@H](NC(=O)c1cc2c(=O)c3ccccc3oc2nc1C(F)(F)F)c1ccccc1. The Kier molecular flexibility index (Phi) is 4.77. The second-order valence-electron chi connectivity index (χ2n) is 6.77. The number of nitrogens with zero attached hydrogens (tertiary/aromatic N) is 1. The van der Waals surface area contributed by atoms with Gasteiger partial charge in [0.25, 0.3) is 5.91 Å². The lowest BCUT2D eigenvalue weighted by Crippen LogP contribution is -2.29. The van der Waals surface area contributed by atoms with Crippen molar-refractivity contribution in [3.8, 4) is 0 Å². The lowest BCUT2D eigenvalue weighted by molar-refractivity contribution is -0.141. The lowest BCUT2D eigenvalue weighted by atomic mass is 10.1. The van der Waals surface area contributed by atoms with Gasteiger partial charge in [0.2, 0.25) is 11.1 Å². The van der Waals surface area contributed by atoms with E-state index in [1.807, 2.05) is 0 Å². The standard InChI is InChI=1S/C22H15F3N2O3/c1-12(13-7-3-2-4-8-13)26-20(29)16-11-15-18(28)14-9-5-6-10-17(14)30-21(15)27-19(16)22(23,24)25/h2-12H,1H3,(H,26,29)/t12-/m1/s1. The van der Waals surface area contributed by atoms with Crippen molar-refractivity contribution < 1.29 is 22.4 Å². The second-order valence-corrected chi connectivity index (χ2v) is 6.77. The van der Waals surface area contributed by atoms with Gasteiger partial charge in [0, 0.05) is 0 Å². The summed E-state index contributed by atoms with van der Waals surface area (Å²) in [4.78, 5) is 29.0. The predicted octanol–water partition coefficient (Wildman–Crippen LogP) is 4.85. The highest BCUT2D eigenvalue weighted by Crippen LogP contribution is 2.33. The average Bonchev–Trinajstić information content (AvgIpc) is 2.73. The van der Waals surface area contributed by atoms with E-state index in [-0.39, 0.29) is 16.4 Å². The van der Waals surface area contributed by atoms with Crippen LogP contribution in [-0.4, -0.2) is 10.9 Å². The smallest absolute Gasteiger partial charge is 0.434 e. The molecule has 0 saturated heterocycles. The molecule has 0 bridgehead atoms. The molecule has 1 amide bonds. The van der Waals surface area contributed by atoms with Gasteiger partial charge < -0.3 is 9.73 Å². The van der Waals surface area contributed by atoms with E-state index in [2.05, 4.69) is 10.3 Å². The van der Waals surface area contributed by atoms with Crippen molar-refractivity contribution >= 4 is 28.0 Å². The monoisotopic (exact) mass is 412 g/mol. The number of pyridine rings is 1. The van der Waals surface area contributed by atoms with Crippen molar-refractivity contribution in [1.82, 2.24) is 10.3 Å². The fourth-order valence-corrected chi connectivity index (χ4v) is 3.22. The first-order valence-corrected chi connectivity index (χ1v) is 9.05. The van der Waals surface area contributed by atoms with Crippen LogP contribution in [-0.2, 0) is 6.18 Å². The Morgan fingerprint density at radius 1 is 1.03 bits per heavy atom. The van der Waals surface area contributed by atoms with Crippen molar-refractivity contribution in [2.75, 3.05) is 0 Å². The lowest BCUT2D eigenvalue weighted by Gasteiger charge is -2.17. The van der Waals surface area contributed by atoms with E-state index in [4.69, 9.17) is 4.42 Å². The van der Waals surface area contributed by atoms with E-state index in [0.29, 0.717) is 0 Å². The fourth-order valence-electron chi connectivity index (χ4n) is 3.22. The molecular formula is C22H15F3N2O3. The molecule has 0 saturated carbocycles. The summed E-state index contributed by atoms with van der Waals surface area (Å²) in [5, 5.41) is 2.53. The van der Waals surface area contributed by atoms with Gasteiger partial charge in [-0.25, -0.2) is 4.98 Å². The van der Waals surface area contributed by atoms with Crippen LogP contribution in [0.15, 0.2) is 69.9 Å². The predicted molar refractivity (Wildman–Crippen MR) is 105 cm³/mol. The van der Waals surface area contributed by atoms with Gasteiger partial charge in [0.1, 0.15) is 5.58 Å². The highest BCUT2D eigenvalue weighted by molar-refractivity contribution is 5.99. The number of rotatable bonds is 3. The Hall–Kier alpha value is -3.68.